The number of para-hydroxylation sites is 1. The number of hydrogen-bond donors (Lipinski definition) is 0. The first kappa shape index (κ1) is 17.8. The van der Waals surface area contributed by atoms with E-state index >= 15 is 0 Å². The zero-order valence-electron chi connectivity index (χ0n) is 15.7. The molecule has 0 atom stereocenters. The monoisotopic (exact) mass is 378 g/mol. The van der Waals surface area contributed by atoms with Gasteiger partial charge < -0.3 is 18.6 Å². The van der Waals surface area contributed by atoms with Crippen molar-refractivity contribution in [1.82, 2.24) is 9.72 Å². The van der Waals surface area contributed by atoms with Crippen molar-refractivity contribution in [3.63, 3.8) is 0 Å². The van der Waals surface area contributed by atoms with Gasteiger partial charge in [-0.2, -0.15) is 0 Å². The number of aryl methyl sites for hydroxylation is 1. The molecule has 0 unspecified atom stereocenters. The van der Waals surface area contributed by atoms with E-state index in [1.54, 1.807) is 18.2 Å². The second-order valence-corrected chi connectivity index (χ2v) is 6.47. The number of benzene rings is 2. The SMILES string of the molecule is COC(=O)c1c(C)n(C)c2ccc(OC(=O)Cc3noc4ccccc34)cc12. The van der Waals surface area contributed by atoms with Crippen molar-refractivity contribution in [2.45, 2.75) is 13.3 Å². The lowest BCUT2D eigenvalue weighted by Crippen LogP contribution is -2.11. The molecule has 0 saturated heterocycles. The predicted molar refractivity (Wildman–Crippen MR) is 102 cm³/mol. The molecular weight excluding hydrogens is 360 g/mol. The summed E-state index contributed by atoms with van der Waals surface area (Å²) in [5.41, 5.74) is 3.22. The average Bonchev–Trinajstić information content (AvgIpc) is 3.20. The van der Waals surface area contributed by atoms with E-state index in [1.807, 2.05) is 42.8 Å². The quantitative estimate of drug-likeness (QED) is 0.399. The lowest BCUT2D eigenvalue weighted by Gasteiger charge is -2.05. The Kier molecular flexibility index (Phi) is 4.35. The maximum absolute atomic E-state index is 12.4. The van der Waals surface area contributed by atoms with Crippen molar-refractivity contribution < 1.29 is 23.6 Å². The van der Waals surface area contributed by atoms with E-state index in [1.165, 1.54) is 7.11 Å². The molecule has 0 fully saturated rings. The molecule has 0 spiro atoms. The Labute approximate surface area is 160 Å². The Morgan fingerprint density at radius 3 is 2.71 bits per heavy atom. The van der Waals surface area contributed by atoms with E-state index in [0.29, 0.717) is 28.0 Å². The van der Waals surface area contributed by atoms with Gasteiger partial charge in [0, 0.05) is 29.0 Å². The van der Waals surface area contributed by atoms with Crippen molar-refractivity contribution in [2.24, 2.45) is 7.05 Å². The molecule has 7 heteroatoms. The lowest BCUT2D eigenvalue weighted by atomic mass is 10.1. The molecule has 2 aromatic heterocycles. The van der Waals surface area contributed by atoms with E-state index in [2.05, 4.69) is 5.16 Å². The van der Waals surface area contributed by atoms with Gasteiger partial charge in [-0.1, -0.05) is 17.3 Å². The fraction of sp³-hybridized carbons (Fsp3) is 0.190. The van der Waals surface area contributed by atoms with E-state index in [-0.39, 0.29) is 6.42 Å². The van der Waals surface area contributed by atoms with Crippen LogP contribution in [0.2, 0.25) is 0 Å². The molecule has 0 aliphatic rings. The zero-order valence-corrected chi connectivity index (χ0v) is 15.7. The standard InChI is InChI=1S/C21H18N2O5/c1-12-20(21(25)26-3)15-10-13(8-9-17(15)23(12)2)27-19(24)11-16-14-6-4-5-7-18(14)28-22-16/h4-10H,11H2,1-3H3. The summed E-state index contributed by atoms with van der Waals surface area (Å²) >= 11 is 0. The first-order valence-corrected chi connectivity index (χ1v) is 8.71. The molecule has 4 rings (SSSR count). The van der Waals surface area contributed by atoms with Gasteiger partial charge in [-0.15, -0.1) is 0 Å². The molecule has 7 nitrogen and oxygen atoms in total. The first-order valence-electron chi connectivity index (χ1n) is 8.71. The summed E-state index contributed by atoms with van der Waals surface area (Å²) in [5.74, 6) is -0.549. The number of methoxy groups -OCH3 is 1. The van der Waals surface area contributed by atoms with E-state index < -0.39 is 11.9 Å². The summed E-state index contributed by atoms with van der Waals surface area (Å²) in [6, 6.07) is 12.5. The maximum atomic E-state index is 12.4. The third kappa shape index (κ3) is 2.90. The van der Waals surface area contributed by atoms with Crippen LogP contribution in [0.4, 0.5) is 0 Å². The van der Waals surface area contributed by atoms with E-state index in [0.717, 1.165) is 16.6 Å². The minimum Gasteiger partial charge on any atom is -0.465 e. The zero-order chi connectivity index (χ0) is 19.8. The summed E-state index contributed by atoms with van der Waals surface area (Å²) in [6.07, 6.45) is -0.0211. The smallest absolute Gasteiger partial charge is 0.340 e. The highest BCUT2D eigenvalue weighted by Gasteiger charge is 2.20. The van der Waals surface area contributed by atoms with Gasteiger partial charge >= 0.3 is 11.9 Å². The average molecular weight is 378 g/mol. The molecule has 0 radical (unpaired) electrons. The number of esters is 2. The maximum Gasteiger partial charge on any atom is 0.340 e. The number of ether oxygens (including phenoxy) is 2. The minimum atomic E-state index is -0.467. The molecule has 0 aliphatic heterocycles. The van der Waals surface area contributed by atoms with Gasteiger partial charge in [0.2, 0.25) is 0 Å². The highest BCUT2D eigenvalue weighted by atomic mass is 16.5. The molecule has 2 aromatic carbocycles. The molecule has 4 aromatic rings. The van der Waals surface area contributed by atoms with E-state index in [4.69, 9.17) is 14.0 Å². The molecule has 2 heterocycles. The van der Waals surface area contributed by atoms with Crippen LogP contribution in [0, 0.1) is 6.92 Å². The van der Waals surface area contributed by atoms with Gasteiger partial charge in [0.25, 0.3) is 0 Å². The van der Waals surface area contributed by atoms with Gasteiger partial charge in [0.1, 0.15) is 11.4 Å². The van der Waals surface area contributed by atoms with Crippen LogP contribution in [0.3, 0.4) is 0 Å². The van der Waals surface area contributed by atoms with Crippen LogP contribution in [0.5, 0.6) is 5.75 Å². The molecule has 28 heavy (non-hydrogen) atoms. The van der Waals surface area contributed by atoms with Crippen LogP contribution in [-0.2, 0) is 23.0 Å². The highest BCUT2D eigenvalue weighted by Crippen LogP contribution is 2.29. The van der Waals surface area contributed by atoms with Crippen molar-refractivity contribution in [2.75, 3.05) is 7.11 Å². The van der Waals surface area contributed by atoms with Crippen LogP contribution in [0.1, 0.15) is 21.7 Å². The van der Waals surface area contributed by atoms with Gasteiger partial charge in [-0.05, 0) is 37.3 Å². The van der Waals surface area contributed by atoms with Gasteiger partial charge in [-0.25, -0.2) is 4.79 Å². The molecule has 142 valence electrons. The number of nitrogens with zero attached hydrogens (tertiary/aromatic N) is 2. The number of aromatic nitrogens is 2. The highest BCUT2D eigenvalue weighted by molar-refractivity contribution is 6.06. The Morgan fingerprint density at radius 2 is 1.93 bits per heavy atom. The van der Waals surface area contributed by atoms with Gasteiger partial charge in [0.15, 0.2) is 5.58 Å². The third-order valence-electron chi connectivity index (χ3n) is 4.85. The van der Waals surface area contributed by atoms with Crippen molar-refractivity contribution >= 4 is 33.8 Å². The van der Waals surface area contributed by atoms with Crippen LogP contribution in [0.25, 0.3) is 21.9 Å². The Hall–Kier alpha value is -3.61. The Morgan fingerprint density at radius 1 is 1.14 bits per heavy atom. The lowest BCUT2D eigenvalue weighted by molar-refractivity contribution is -0.133. The summed E-state index contributed by atoms with van der Waals surface area (Å²) < 4.78 is 17.5. The molecule has 0 saturated carbocycles. The fourth-order valence-electron chi connectivity index (χ4n) is 3.34. The number of rotatable bonds is 4. The minimum absolute atomic E-state index is 0.0211. The number of carbonyl (C=O) groups is 2. The van der Waals surface area contributed by atoms with Crippen LogP contribution < -0.4 is 4.74 Å². The Bertz CT molecular complexity index is 1220. The second-order valence-electron chi connectivity index (χ2n) is 6.47. The Balaban J connectivity index is 1.62. The third-order valence-corrected chi connectivity index (χ3v) is 4.85. The summed E-state index contributed by atoms with van der Waals surface area (Å²) in [5, 5.41) is 5.40. The van der Waals surface area contributed by atoms with Crippen LogP contribution in [0.15, 0.2) is 47.0 Å². The molecular formula is C21H18N2O5. The van der Waals surface area contributed by atoms with Crippen molar-refractivity contribution in [3.05, 3.63) is 59.4 Å². The van der Waals surface area contributed by atoms with Crippen molar-refractivity contribution in [3.8, 4) is 5.75 Å². The predicted octanol–water partition coefficient (Wildman–Crippen LogP) is 3.56. The molecule has 0 aliphatic carbocycles. The van der Waals surface area contributed by atoms with Crippen molar-refractivity contribution in [1.29, 1.82) is 0 Å². The normalized spacial score (nSPS) is 11.1. The molecule has 0 bridgehead atoms. The summed E-state index contributed by atoms with van der Waals surface area (Å²) in [7, 11) is 3.21. The molecule has 0 amide bonds. The second kappa shape index (κ2) is 6.84. The number of hydrogen-bond acceptors (Lipinski definition) is 6. The van der Waals surface area contributed by atoms with Gasteiger partial charge in [0.05, 0.1) is 19.1 Å². The summed E-state index contributed by atoms with van der Waals surface area (Å²) in [4.78, 5) is 24.6. The van der Waals surface area contributed by atoms with Gasteiger partial charge in [-0.3, -0.25) is 4.79 Å². The first-order chi connectivity index (χ1) is 13.5. The summed E-state index contributed by atoms with van der Waals surface area (Å²) in [6.45, 7) is 1.84. The van der Waals surface area contributed by atoms with Crippen LogP contribution in [-0.4, -0.2) is 28.8 Å². The van der Waals surface area contributed by atoms with E-state index in [9.17, 15) is 9.59 Å². The van der Waals surface area contributed by atoms with Crippen LogP contribution >= 0.6 is 0 Å². The number of fused-ring (bicyclic) bond motifs is 2. The number of carbonyl (C=O) groups excluding carboxylic acids is 2. The fourth-order valence-corrected chi connectivity index (χ4v) is 3.34. The largest absolute Gasteiger partial charge is 0.465 e. The molecule has 0 N–H and O–H groups in total. The topological polar surface area (TPSA) is 83.6 Å².